The topological polar surface area (TPSA) is 58.6 Å². The molecule has 5 nitrogen and oxygen atoms in total. The van der Waals surface area contributed by atoms with Crippen molar-refractivity contribution in [3.8, 4) is 0 Å². The van der Waals surface area contributed by atoms with Crippen molar-refractivity contribution in [2.75, 3.05) is 39.5 Å². The number of nitrogens with zero attached hydrogens (tertiary/aromatic N) is 1. The van der Waals surface area contributed by atoms with E-state index in [-0.39, 0.29) is 11.9 Å². The first-order valence-corrected chi connectivity index (χ1v) is 7.72. The van der Waals surface area contributed by atoms with Crippen LogP contribution in [0.5, 0.6) is 0 Å². The molecule has 0 saturated carbocycles. The molecule has 0 spiro atoms. The van der Waals surface area contributed by atoms with Crippen LogP contribution in [-0.4, -0.2) is 58.4 Å². The zero-order valence-electron chi connectivity index (χ0n) is 11.4. The number of hydrogen-bond donors (Lipinski definition) is 1. The molecule has 1 atom stereocenters. The highest BCUT2D eigenvalue weighted by molar-refractivity contribution is 7.89. The molecule has 0 aliphatic rings. The van der Waals surface area contributed by atoms with Crippen molar-refractivity contribution in [2.24, 2.45) is 0 Å². The minimum atomic E-state index is -3.14. The predicted molar refractivity (Wildman–Crippen MR) is 70.7 cm³/mol. The number of hydrogen-bond acceptors (Lipinski definition) is 4. The number of rotatable bonds is 10. The molecule has 0 bridgehead atoms. The first-order chi connectivity index (χ1) is 7.94. The summed E-state index contributed by atoms with van der Waals surface area (Å²) in [6.07, 6.45) is 1.64. The Morgan fingerprint density at radius 1 is 1.35 bits per heavy atom. The van der Waals surface area contributed by atoms with E-state index in [1.807, 2.05) is 6.92 Å². The van der Waals surface area contributed by atoms with Crippen LogP contribution in [0.25, 0.3) is 0 Å². The van der Waals surface area contributed by atoms with E-state index in [9.17, 15) is 8.42 Å². The number of likely N-dealkylation sites (N-methyl/N-ethyl adjacent to an activating group) is 1. The van der Waals surface area contributed by atoms with E-state index in [0.29, 0.717) is 13.0 Å². The van der Waals surface area contributed by atoms with Crippen LogP contribution in [0.1, 0.15) is 26.7 Å². The summed E-state index contributed by atoms with van der Waals surface area (Å²) in [6.45, 7) is 6.04. The third kappa shape index (κ3) is 7.70. The summed E-state index contributed by atoms with van der Waals surface area (Å²) in [7, 11) is 0.0453. The average molecular weight is 266 g/mol. The molecule has 1 unspecified atom stereocenters. The van der Waals surface area contributed by atoms with Crippen LogP contribution in [0.2, 0.25) is 0 Å². The largest absolute Gasteiger partial charge is 0.380 e. The second-order valence-electron chi connectivity index (χ2n) is 4.25. The highest BCUT2D eigenvalue weighted by Gasteiger charge is 2.19. The fourth-order valence-electron chi connectivity index (χ4n) is 1.39. The van der Waals surface area contributed by atoms with Gasteiger partial charge in [-0.1, -0.05) is 6.92 Å². The van der Waals surface area contributed by atoms with Crippen LogP contribution in [0, 0.1) is 0 Å². The van der Waals surface area contributed by atoms with Crippen LogP contribution < -0.4 is 5.32 Å². The van der Waals surface area contributed by atoms with E-state index in [1.165, 1.54) is 4.31 Å². The molecule has 0 aromatic rings. The highest BCUT2D eigenvalue weighted by Crippen LogP contribution is 2.02. The Kier molecular flexibility index (Phi) is 8.77. The van der Waals surface area contributed by atoms with Crippen molar-refractivity contribution in [3.63, 3.8) is 0 Å². The first kappa shape index (κ1) is 16.8. The summed E-state index contributed by atoms with van der Waals surface area (Å²) in [6, 6.07) is 0. The SMILES string of the molecule is CCCNCCCS(=O)(=O)N(C)CC(C)OC. The van der Waals surface area contributed by atoms with Gasteiger partial charge >= 0.3 is 0 Å². The second-order valence-corrected chi connectivity index (χ2v) is 6.44. The normalized spacial score (nSPS) is 14.2. The molecule has 17 heavy (non-hydrogen) atoms. The Bertz CT molecular complexity index is 280. The van der Waals surface area contributed by atoms with Crippen molar-refractivity contribution in [2.45, 2.75) is 32.8 Å². The van der Waals surface area contributed by atoms with Gasteiger partial charge in [0, 0.05) is 20.7 Å². The molecule has 0 heterocycles. The third-order valence-corrected chi connectivity index (χ3v) is 4.48. The van der Waals surface area contributed by atoms with Gasteiger partial charge < -0.3 is 10.1 Å². The van der Waals surface area contributed by atoms with Crippen molar-refractivity contribution >= 4 is 10.0 Å². The summed E-state index contributed by atoms with van der Waals surface area (Å²) < 4.78 is 30.1. The quantitative estimate of drug-likeness (QED) is 0.591. The number of ether oxygens (including phenoxy) is 1. The number of nitrogens with one attached hydrogen (secondary N) is 1. The van der Waals surface area contributed by atoms with Gasteiger partial charge in [0.05, 0.1) is 11.9 Å². The molecule has 0 aliphatic carbocycles. The summed E-state index contributed by atoms with van der Waals surface area (Å²) in [5.74, 6) is 0.191. The lowest BCUT2D eigenvalue weighted by Gasteiger charge is -2.20. The maximum Gasteiger partial charge on any atom is 0.213 e. The molecule has 0 amide bonds. The maximum absolute atomic E-state index is 11.9. The molecule has 0 aliphatic heterocycles. The van der Waals surface area contributed by atoms with E-state index in [0.717, 1.165) is 19.5 Å². The lowest BCUT2D eigenvalue weighted by atomic mass is 10.4. The van der Waals surface area contributed by atoms with Gasteiger partial charge in [0.25, 0.3) is 0 Å². The summed E-state index contributed by atoms with van der Waals surface area (Å²) in [5, 5.41) is 3.19. The van der Waals surface area contributed by atoms with E-state index in [2.05, 4.69) is 12.2 Å². The van der Waals surface area contributed by atoms with Crippen molar-refractivity contribution in [3.05, 3.63) is 0 Å². The molecule has 104 valence electrons. The lowest BCUT2D eigenvalue weighted by molar-refractivity contribution is 0.104. The number of sulfonamides is 1. The third-order valence-electron chi connectivity index (χ3n) is 2.57. The zero-order valence-corrected chi connectivity index (χ0v) is 12.2. The Morgan fingerprint density at radius 3 is 2.53 bits per heavy atom. The van der Waals surface area contributed by atoms with Crippen LogP contribution in [-0.2, 0) is 14.8 Å². The van der Waals surface area contributed by atoms with Gasteiger partial charge in [-0.25, -0.2) is 12.7 Å². The van der Waals surface area contributed by atoms with Gasteiger partial charge in [0.15, 0.2) is 0 Å². The van der Waals surface area contributed by atoms with Gasteiger partial charge in [0.2, 0.25) is 10.0 Å². The van der Waals surface area contributed by atoms with Crippen molar-refractivity contribution < 1.29 is 13.2 Å². The molecular weight excluding hydrogens is 240 g/mol. The smallest absolute Gasteiger partial charge is 0.213 e. The molecule has 0 rings (SSSR count). The van der Waals surface area contributed by atoms with Crippen LogP contribution in [0.4, 0.5) is 0 Å². The Hall–Kier alpha value is -0.170. The minimum absolute atomic E-state index is 0.0759. The van der Waals surface area contributed by atoms with E-state index in [4.69, 9.17) is 4.74 Å². The predicted octanol–water partition coefficient (Wildman–Crippen LogP) is 0.673. The molecule has 0 aromatic heterocycles. The number of methoxy groups -OCH3 is 1. The van der Waals surface area contributed by atoms with Crippen LogP contribution in [0.3, 0.4) is 0 Å². The Balaban J connectivity index is 3.93. The van der Waals surface area contributed by atoms with Gasteiger partial charge in [-0.2, -0.15) is 0 Å². The van der Waals surface area contributed by atoms with Gasteiger partial charge in [-0.3, -0.25) is 0 Å². The average Bonchev–Trinajstić information content (AvgIpc) is 2.28. The second kappa shape index (κ2) is 8.85. The molecule has 1 N–H and O–H groups in total. The van der Waals surface area contributed by atoms with Gasteiger partial charge in [0.1, 0.15) is 0 Å². The van der Waals surface area contributed by atoms with Gasteiger partial charge in [-0.15, -0.1) is 0 Å². The van der Waals surface area contributed by atoms with E-state index < -0.39 is 10.0 Å². The molecular formula is C11H26N2O3S. The summed E-state index contributed by atoms with van der Waals surface area (Å²) in [5.41, 5.74) is 0. The molecule has 0 fully saturated rings. The minimum Gasteiger partial charge on any atom is -0.380 e. The van der Waals surface area contributed by atoms with Crippen molar-refractivity contribution in [1.29, 1.82) is 0 Å². The monoisotopic (exact) mass is 266 g/mol. The fraction of sp³-hybridized carbons (Fsp3) is 1.00. The van der Waals surface area contributed by atoms with Gasteiger partial charge in [-0.05, 0) is 32.9 Å². The molecule has 0 radical (unpaired) electrons. The fourth-order valence-corrected chi connectivity index (χ4v) is 2.65. The van der Waals surface area contributed by atoms with E-state index in [1.54, 1.807) is 14.2 Å². The molecule has 0 aromatic carbocycles. The molecule has 6 heteroatoms. The first-order valence-electron chi connectivity index (χ1n) is 6.11. The zero-order chi connectivity index (χ0) is 13.3. The Morgan fingerprint density at radius 2 is 2.00 bits per heavy atom. The lowest BCUT2D eigenvalue weighted by Crippen LogP contribution is -2.36. The molecule has 0 saturated heterocycles. The van der Waals surface area contributed by atoms with Crippen molar-refractivity contribution in [1.82, 2.24) is 9.62 Å². The summed E-state index contributed by atoms with van der Waals surface area (Å²) >= 11 is 0. The summed E-state index contributed by atoms with van der Waals surface area (Å²) in [4.78, 5) is 0. The Labute approximate surface area is 106 Å². The highest BCUT2D eigenvalue weighted by atomic mass is 32.2. The standard InChI is InChI=1S/C11H26N2O3S/c1-5-7-12-8-6-9-17(14,15)13(3)10-11(2)16-4/h11-12H,5-10H2,1-4H3. The van der Waals surface area contributed by atoms with Crippen LogP contribution >= 0.6 is 0 Å². The maximum atomic E-state index is 11.9. The van der Waals surface area contributed by atoms with E-state index >= 15 is 0 Å². The van der Waals surface area contributed by atoms with Crippen LogP contribution in [0.15, 0.2) is 0 Å².